The number of rotatable bonds is 7. The smallest absolute Gasteiger partial charge is 0.263 e. The van der Waals surface area contributed by atoms with Gasteiger partial charge < -0.3 is 9.64 Å². The Balaban J connectivity index is 1.43. The highest BCUT2D eigenvalue weighted by atomic mass is 32.2. The Morgan fingerprint density at radius 2 is 1.93 bits per heavy atom. The molecule has 7 nitrogen and oxygen atoms in total. The Labute approximate surface area is 165 Å². The normalized spacial score (nSPS) is 20.1. The third kappa shape index (κ3) is 6.53. The Bertz CT molecular complexity index is 721. The van der Waals surface area contributed by atoms with Gasteiger partial charge in [-0.3, -0.25) is 9.69 Å². The van der Waals surface area contributed by atoms with E-state index in [1.165, 1.54) is 11.3 Å². The van der Waals surface area contributed by atoms with Gasteiger partial charge >= 0.3 is 0 Å². The van der Waals surface area contributed by atoms with E-state index in [9.17, 15) is 13.2 Å². The second kappa shape index (κ2) is 9.47. The summed E-state index contributed by atoms with van der Waals surface area (Å²) in [5.74, 6) is 0.764. The largest absolute Gasteiger partial charge is 0.379 e. The quantitative estimate of drug-likeness (QED) is 0.719. The fourth-order valence-electron chi connectivity index (χ4n) is 3.61. The molecule has 2 saturated heterocycles. The van der Waals surface area contributed by atoms with Gasteiger partial charge in [-0.05, 0) is 37.3 Å². The van der Waals surface area contributed by atoms with Crippen LogP contribution in [-0.4, -0.2) is 82.9 Å². The monoisotopic (exact) mass is 415 g/mol. The standard InChI is InChI=1S/C18H29N3O4S2/c1-27(23,24)19-7-4-16-2-3-17(26-16)18(22)21-8-5-15(6-9-21)14-20-10-12-25-13-11-20/h2-3,15,19H,4-14H2,1H3. The molecule has 0 unspecified atom stereocenters. The van der Waals surface area contributed by atoms with E-state index in [0.717, 1.165) is 74.8 Å². The molecule has 1 aromatic rings. The van der Waals surface area contributed by atoms with E-state index >= 15 is 0 Å². The van der Waals surface area contributed by atoms with Crippen LogP contribution in [0.3, 0.4) is 0 Å². The van der Waals surface area contributed by atoms with Gasteiger partial charge in [0.25, 0.3) is 5.91 Å². The van der Waals surface area contributed by atoms with Crippen molar-refractivity contribution in [3.63, 3.8) is 0 Å². The molecule has 27 heavy (non-hydrogen) atoms. The summed E-state index contributed by atoms with van der Waals surface area (Å²) in [6.07, 6.45) is 3.87. The predicted octanol–water partition coefficient (Wildman–Crippen LogP) is 1.02. The SMILES string of the molecule is CS(=O)(=O)NCCc1ccc(C(=O)N2CCC(CN3CCOCC3)CC2)s1. The maximum absolute atomic E-state index is 12.7. The van der Waals surface area contributed by atoms with Crippen molar-refractivity contribution in [2.75, 3.05) is 58.7 Å². The molecule has 0 aliphatic carbocycles. The van der Waals surface area contributed by atoms with Crippen LogP contribution >= 0.6 is 11.3 Å². The molecule has 0 aromatic carbocycles. The van der Waals surface area contributed by atoms with Gasteiger partial charge in [-0.25, -0.2) is 13.1 Å². The molecule has 9 heteroatoms. The summed E-state index contributed by atoms with van der Waals surface area (Å²) >= 11 is 1.47. The van der Waals surface area contributed by atoms with E-state index in [2.05, 4.69) is 9.62 Å². The van der Waals surface area contributed by atoms with Gasteiger partial charge in [0.05, 0.1) is 24.3 Å². The van der Waals surface area contributed by atoms with Crippen LogP contribution in [0.1, 0.15) is 27.4 Å². The zero-order valence-corrected chi connectivity index (χ0v) is 17.5. The highest BCUT2D eigenvalue weighted by molar-refractivity contribution is 7.88. The first-order chi connectivity index (χ1) is 12.9. The first-order valence-electron chi connectivity index (χ1n) is 9.53. The topological polar surface area (TPSA) is 79.0 Å². The molecule has 1 aromatic heterocycles. The number of thiophene rings is 1. The third-order valence-electron chi connectivity index (χ3n) is 5.13. The highest BCUT2D eigenvalue weighted by Gasteiger charge is 2.26. The number of nitrogens with zero attached hydrogens (tertiary/aromatic N) is 2. The van der Waals surface area contributed by atoms with Gasteiger partial charge in [0.15, 0.2) is 0 Å². The minimum Gasteiger partial charge on any atom is -0.379 e. The maximum Gasteiger partial charge on any atom is 0.263 e. The average Bonchev–Trinajstić information content (AvgIpc) is 3.10. The number of morpholine rings is 1. The Morgan fingerprint density at radius 3 is 2.59 bits per heavy atom. The van der Waals surface area contributed by atoms with Crippen molar-refractivity contribution in [1.82, 2.24) is 14.5 Å². The van der Waals surface area contributed by atoms with Crippen molar-refractivity contribution in [2.24, 2.45) is 5.92 Å². The number of hydrogen-bond donors (Lipinski definition) is 1. The number of sulfonamides is 1. The van der Waals surface area contributed by atoms with Crippen LogP contribution in [0.5, 0.6) is 0 Å². The number of piperidine rings is 1. The van der Waals surface area contributed by atoms with E-state index < -0.39 is 10.0 Å². The Morgan fingerprint density at radius 1 is 1.22 bits per heavy atom. The van der Waals surface area contributed by atoms with E-state index in [4.69, 9.17) is 4.74 Å². The molecule has 2 aliphatic heterocycles. The van der Waals surface area contributed by atoms with Crippen LogP contribution in [0.2, 0.25) is 0 Å². The van der Waals surface area contributed by atoms with Gasteiger partial charge in [-0.15, -0.1) is 11.3 Å². The van der Waals surface area contributed by atoms with E-state index in [0.29, 0.717) is 18.9 Å². The van der Waals surface area contributed by atoms with E-state index in [1.54, 1.807) is 0 Å². The van der Waals surface area contributed by atoms with Gasteiger partial charge in [0.1, 0.15) is 0 Å². The van der Waals surface area contributed by atoms with Crippen molar-refractivity contribution in [2.45, 2.75) is 19.3 Å². The van der Waals surface area contributed by atoms with Crippen LogP contribution in [0.15, 0.2) is 12.1 Å². The molecule has 1 amide bonds. The molecular formula is C18H29N3O4S2. The van der Waals surface area contributed by atoms with Crippen molar-refractivity contribution in [3.8, 4) is 0 Å². The summed E-state index contributed by atoms with van der Waals surface area (Å²) in [6.45, 7) is 6.81. The Kier molecular flexibility index (Phi) is 7.27. The molecule has 0 saturated carbocycles. The number of nitrogens with one attached hydrogen (secondary N) is 1. The fourth-order valence-corrected chi connectivity index (χ4v) is 5.06. The van der Waals surface area contributed by atoms with Crippen molar-refractivity contribution < 1.29 is 17.9 Å². The van der Waals surface area contributed by atoms with E-state index in [1.807, 2.05) is 17.0 Å². The van der Waals surface area contributed by atoms with Crippen molar-refractivity contribution in [3.05, 3.63) is 21.9 Å². The van der Waals surface area contributed by atoms with Gasteiger partial charge in [-0.1, -0.05) is 0 Å². The minimum absolute atomic E-state index is 0.104. The van der Waals surface area contributed by atoms with Crippen LogP contribution in [0, 0.1) is 5.92 Å². The summed E-state index contributed by atoms with van der Waals surface area (Å²) < 4.78 is 30.1. The van der Waals surface area contributed by atoms with Crippen LogP contribution in [-0.2, 0) is 21.2 Å². The lowest BCUT2D eigenvalue weighted by molar-refractivity contribution is 0.0243. The molecule has 3 rings (SSSR count). The minimum atomic E-state index is -3.17. The zero-order chi connectivity index (χ0) is 19.3. The first kappa shape index (κ1) is 20.7. The number of likely N-dealkylation sites (tertiary alicyclic amines) is 1. The summed E-state index contributed by atoms with van der Waals surface area (Å²) in [4.78, 5) is 18.9. The number of hydrogen-bond acceptors (Lipinski definition) is 6. The number of carbonyl (C=O) groups excluding carboxylic acids is 1. The van der Waals surface area contributed by atoms with Gasteiger partial charge in [-0.2, -0.15) is 0 Å². The molecule has 2 aliphatic rings. The summed E-state index contributed by atoms with van der Waals surface area (Å²) in [5, 5.41) is 0. The molecule has 0 atom stereocenters. The maximum atomic E-state index is 12.7. The predicted molar refractivity (Wildman–Crippen MR) is 107 cm³/mol. The summed E-state index contributed by atoms with van der Waals surface area (Å²) in [7, 11) is -3.17. The molecule has 2 fully saturated rings. The molecule has 3 heterocycles. The average molecular weight is 416 g/mol. The molecule has 152 valence electrons. The van der Waals surface area contributed by atoms with Crippen LogP contribution in [0.4, 0.5) is 0 Å². The lowest BCUT2D eigenvalue weighted by atomic mass is 9.96. The number of amides is 1. The van der Waals surface area contributed by atoms with Crippen molar-refractivity contribution >= 4 is 27.3 Å². The van der Waals surface area contributed by atoms with Crippen LogP contribution in [0.25, 0.3) is 0 Å². The lowest BCUT2D eigenvalue weighted by Crippen LogP contribution is -2.44. The van der Waals surface area contributed by atoms with E-state index in [-0.39, 0.29) is 5.91 Å². The second-order valence-corrected chi connectivity index (χ2v) is 10.3. The number of carbonyl (C=O) groups is 1. The third-order valence-corrected chi connectivity index (χ3v) is 6.99. The number of ether oxygens (including phenoxy) is 1. The van der Waals surface area contributed by atoms with Gasteiger partial charge in [0, 0.05) is 44.1 Å². The second-order valence-electron chi connectivity index (χ2n) is 7.33. The van der Waals surface area contributed by atoms with Crippen LogP contribution < -0.4 is 4.72 Å². The molecular weight excluding hydrogens is 386 g/mol. The first-order valence-corrected chi connectivity index (χ1v) is 12.2. The zero-order valence-electron chi connectivity index (χ0n) is 15.9. The molecule has 1 N–H and O–H groups in total. The lowest BCUT2D eigenvalue weighted by Gasteiger charge is -2.35. The fraction of sp³-hybridized carbons (Fsp3) is 0.722. The highest BCUT2D eigenvalue weighted by Crippen LogP contribution is 2.24. The summed E-state index contributed by atoms with van der Waals surface area (Å²) in [5.41, 5.74) is 0. The van der Waals surface area contributed by atoms with Crippen molar-refractivity contribution in [1.29, 1.82) is 0 Å². The Hall–Kier alpha value is -1.00. The summed E-state index contributed by atoms with van der Waals surface area (Å²) in [6, 6.07) is 3.79. The molecule has 0 bridgehead atoms. The molecule has 0 spiro atoms. The van der Waals surface area contributed by atoms with Gasteiger partial charge in [0.2, 0.25) is 10.0 Å². The molecule has 0 radical (unpaired) electrons.